The molecule has 0 bridgehead atoms. The van der Waals surface area contributed by atoms with Crippen LogP contribution in [0.4, 0.5) is 0 Å². The number of nitrogens with zero attached hydrogens (tertiary/aromatic N) is 1. The van der Waals surface area contributed by atoms with Gasteiger partial charge in [-0.2, -0.15) is 0 Å². The molecule has 2 aliphatic rings. The van der Waals surface area contributed by atoms with Crippen LogP contribution in [0.5, 0.6) is 0 Å². The van der Waals surface area contributed by atoms with Gasteiger partial charge >= 0.3 is 5.97 Å². The normalized spacial score (nSPS) is 13.2. The molecule has 0 aromatic heterocycles. The number of terminal acetylenes is 2. The van der Waals surface area contributed by atoms with Crippen molar-refractivity contribution in [2.24, 2.45) is 59.6 Å². The highest BCUT2D eigenvalue weighted by Gasteiger charge is 2.38. The van der Waals surface area contributed by atoms with E-state index in [9.17, 15) is 81.5 Å². The van der Waals surface area contributed by atoms with Crippen LogP contribution >= 0.6 is 11.6 Å². The van der Waals surface area contributed by atoms with Gasteiger partial charge in [0.05, 0.1) is 19.8 Å². The van der Waals surface area contributed by atoms with Crippen LogP contribution in [0.1, 0.15) is 438 Å². The predicted molar refractivity (Wildman–Crippen MR) is 614 cm³/mol. The number of nitrogens with one attached hydrogen (secondary N) is 4. The lowest BCUT2D eigenvalue weighted by molar-refractivity contribution is -0.137. The average molecular weight is 2100 g/mol. The Labute approximate surface area is 903 Å². The molecule has 0 aromatic carbocycles. The second kappa shape index (κ2) is 80.8. The Bertz CT molecular complexity index is 4140. The highest BCUT2D eigenvalue weighted by molar-refractivity contribution is 6.27. The van der Waals surface area contributed by atoms with Gasteiger partial charge in [0.2, 0.25) is 23.4 Å². The van der Waals surface area contributed by atoms with Crippen LogP contribution in [0.3, 0.4) is 0 Å². The number of hydrogen-bond donors (Lipinski definition) is 4. The van der Waals surface area contributed by atoms with E-state index in [2.05, 4.69) is 50.7 Å². The third kappa shape index (κ3) is 127. The molecule has 4 amide bonds. The van der Waals surface area contributed by atoms with E-state index in [-0.39, 0.29) is 170 Å². The van der Waals surface area contributed by atoms with E-state index in [1.165, 1.54) is 18.2 Å². The van der Waals surface area contributed by atoms with E-state index in [0.717, 1.165) is 51.1 Å². The minimum Gasteiger partial charge on any atom is -0.463 e. The molecule has 2 fully saturated rings. The van der Waals surface area contributed by atoms with Crippen LogP contribution < -0.4 is 21.3 Å². The molecule has 0 radical (unpaired) electrons. The van der Waals surface area contributed by atoms with E-state index in [0.29, 0.717) is 62.9 Å². The van der Waals surface area contributed by atoms with Gasteiger partial charge in [0.25, 0.3) is 11.8 Å². The number of ketones is 12. The summed E-state index contributed by atoms with van der Waals surface area (Å²) in [7, 11) is 3.96. The number of halogens is 1. The summed E-state index contributed by atoms with van der Waals surface area (Å²) < 4.78 is 14.3. The summed E-state index contributed by atoms with van der Waals surface area (Å²) in [6.45, 7) is 105. The van der Waals surface area contributed by atoms with Crippen molar-refractivity contribution >= 4 is 111 Å². The first-order chi connectivity index (χ1) is 65.3. The monoisotopic (exact) mass is 2090 g/mol. The number of carbonyl (C=O) groups excluding carboxylic acids is 17. The van der Waals surface area contributed by atoms with Gasteiger partial charge in [0.1, 0.15) is 29.3 Å². The summed E-state index contributed by atoms with van der Waals surface area (Å²) in [5.41, 5.74) is -3.38. The number of allylic oxidation sites excluding steroid dienone is 8. The van der Waals surface area contributed by atoms with Gasteiger partial charge in [-0.3, -0.25) is 76.7 Å². The second-order valence-corrected chi connectivity index (χ2v) is 50.6. The standard InChI is InChI=1S/C10H19NO.C10H16O3.C10H16O2.C10H18O.C9H16O.C9H14O.C8H16O.C7H13NO2.C7H15NO.C7H11NO.C7H12O2.2C7H14O.C7H10O.C6H12ClNO/c1-10(2,3)9(12)7-6-8-11(4)5;1-5-13-9(12)7-6-8(11)10(2,3)4;1-5-8(11)6-7-9(12)10(2,3)4;1-5-6-7-8-9(11)10(2,3)4;2*1-5-6-7-8(10)9(2,3)4;1-5-6-7(9)8(2,3)4;1-7(2,3)8-6(9)5-4-10-5;2*1-5-6(9)8-7(2,3)4;1-7(2,3)6(8)5-4-9-5;3*1-5-6(8)7(2,3)4;1-6(2,3)8-5(9)4-7/h6-7H,8H2,1-5H3;6-7H,5H2,1-4H3;6-7H,5H2,1-4H3;7-8H,5-6H2,1-4H3;6-7H,5H2,1-4H3;5H2,1-4H3;5-6H2,1-4H3;5H,4H2,1-3H3,(H,8,9);5H2,1-4H3,(H,8,9);1H,2-4H3,(H,8,9);5H,4H2,1-3H3;2*5H2,1-4H3;1H,2-4H3;4H2,1-3H3,(H,8,9)/b3*7-6+;8-7+;7-6+;;;;;;;;;;. The van der Waals surface area contributed by atoms with Crippen LogP contribution in [0.2, 0.25) is 0 Å². The first-order valence-electron chi connectivity index (χ1n) is 51.5. The topological polar surface area (TPSA) is 376 Å². The molecular weight excluding hydrogens is 1880 g/mol. The molecule has 0 aliphatic carbocycles. The zero-order valence-corrected chi connectivity index (χ0v) is 104. The molecule has 25 nitrogen and oxygen atoms in total. The summed E-state index contributed by atoms with van der Waals surface area (Å²) in [5, 5.41) is 10.9. The molecular formula is C121H216ClN5O20. The van der Waals surface area contributed by atoms with Gasteiger partial charge in [0.15, 0.2) is 46.6 Å². The van der Waals surface area contributed by atoms with Crippen LogP contribution in [-0.4, -0.2) is 185 Å². The van der Waals surface area contributed by atoms with E-state index in [4.69, 9.17) is 33.9 Å². The van der Waals surface area contributed by atoms with Crippen molar-refractivity contribution in [1.82, 2.24) is 26.2 Å². The fraction of sp³-hybridized carbons (Fsp3) is 0.727. The minimum absolute atomic E-state index is 0.00685. The van der Waals surface area contributed by atoms with Gasteiger partial charge in [-0.15, -0.1) is 24.4 Å². The second-order valence-electron chi connectivity index (χ2n) is 50.3. The Balaban J connectivity index is -0.000000119. The van der Waals surface area contributed by atoms with Gasteiger partial charge in [-0.1, -0.05) is 314 Å². The van der Waals surface area contributed by atoms with Gasteiger partial charge in [-0.25, -0.2) is 4.79 Å². The zero-order valence-electron chi connectivity index (χ0n) is 104. The number of Topliss-reactive ketones (excluding diaryl/α,β-unsaturated/α-hetero) is 6. The molecule has 0 saturated carbocycles. The zero-order chi connectivity index (χ0) is 121. The van der Waals surface area contributed by atoms with Crippen molar-refractivity contribution in [3.63, 3.8) is 0 Å². The first kappa shape index (κ1) is 166. The lowest BCUT2D eigenvalue weighted by Gasteiger charge is -2.19. The highest BCUT2D eigenvalue weighted by Crippen LogP contribution is 2.26. The molecule has 852 valence electrons. The largest absolute Gasteiger partial charge is 0.463 e. The van der Waals surface area contributed by atoms with E-state index < -0.39 is 11.4 Å². The Morgan fingerprint density at radius 1 is 0.354 bits per heavy atom. The lowest BCUT2D eigenvalue weighted by atomic mass is 9.88. The number of likely N-dealkylation sites (N-methyl/N-ethyl adjacent to an activating group) is 1. The number of epoxide rings is 2. The maximum absolute atomic E-state index is 11.3. The maximum atomic E-state index is 11.3. The van der Waals surface area contributed by atoms with Crippen molar-refractivity contribution in [2.45, 2.75) is 472 Å². The Kier molecular flexibility index (Phi) is 91.1. The van der Waals surface area contributed by atoms with E-state index >= 15 is 0 Å². The average Bonchev–Trinajstić information content (AvgIpc) is 1.71. The highest BCUT2D eigenvalue weighted by atomic mass is 35.5. The number of esters is 1. The van der Waals surface area contributed by atoms with Crippen molar-refractivity contribution in [3.8, 4) is 36.5 Å². The summed E-state index contributed by atoms with van der Waals surface area (Å²) in [6, 6.07) is 0. The van der Waals surface area contributed by atoms with Gasteiger partial charge < -0.3 is 40.4 Å². The minimum atomic E-state index is -0.472. The molecule has 147 heavy (non-hydrogen) atoms. The fourth-order valence-electron chi connectivity index (χ4n) is 7.73. The number of carbonyl (C=O) groups is 17. The number of hydrogen-bond acceptors (Lipinski definition) is 21. The fourth-order valence-corrected chi connectivity index (χ4v) is 7.79. The van der Waals surface area contributed by atoms with Crippen molar-refractivity contribution in [1.29, 1.82) is 0 Å². The van der Waals surface area contributed by atoms with Crippen molar-refractivity contribution in [2.75, 3.05) is 46.3 Å². The molecule has 26 heteroatoms. The number of alkyl halides is 1. The smallest absolute Gasteiger partial charge is 0.330 e. The third-order valence-corrected chi connectivity index (χ3v) is 17.4. The van der Waals surface area contributed by atoms with Crippen LogP contribution in [0.15, 0.2) is 60.8 Å². The molecule has 2 atom stereocenters. The van der Waals surface area contributed by atoms with Crippen LogP contribution in [-0.2, 0) is 95.7 Å². The number of amides is 4. The van der Waals surface area contributed by atoms with Gasteiger partial charge in [0, 0.05) is 133 Å². The lowest BCUT2D eigenvalue weighted by Crippen LogP contribution is -2.42. The van der Waals surface area contributed by atoms with E-state index in [1.54, 1.807) is 73.6 Å². The Morgan fingerprint density at radius 2 is 0.680 bits per heavy atom. The summed E-state index contributed by atoms with van der Waals surface area (Å²) in [4.78, 5) is 188. The first-order valence-corrected chi connectivity index (χ1v) is 52.0. The van der Waals surface area contributed by atoms with Crippen LogP contribution in [0, 0.1) is 96.1 Å². The van der Waals surface area contributed by atoms with Crippen molar-refractivity contribution in [3.05, 3.63) is 60.8 Å². The molecule has 2 aliphatic heterocycles. The number of ether oxygens (including phenoxy) is 3. The maximum Gasteiger partial charge on any atom is 0.330 e. The molecule has 0 aromatic rings. The predicted octanol–water partition coefficient (Wildman–Crippen LogP) is 25.1. The summed E-state index contributed by atoms with van der Waals surface area (Å²) in [5.74, 6) is 10.2. The third-order valence-electron chi connectivity index (χ3n) is 17.2. The number of unbranched alkanes of at least 4 members (excludes halogenated alkanes) is 1. The summed E-state index contributed by atoms with van der Waals surface area (Å²) >= 11 is 5.25. The SMILES string of the molecule is C#CC(=O)C(C)(C)C.C#CC(=O)NC(C)(C)C.CC(C)(C)C(=O)C1CO1.CC(C)(C)NC(=O)C1CO1.CC(C)(C)NC(=O)CCl.CC/C=C/C(=O)C(C)(C)C.CCC#CC(=O)C(C)(C)C.CCC(=O)/C=C/C(=O)C(C)(C)C.CCC(=O)C(C)(C)C.CCC(=O)C(C)(C)C.CCC(=O)NC(C)(C)C.CCC/C=C/C(=O)C(C)(C)C.CCCC(=O)C(C)(C)C.CCOC(=O)/C=C/C(=O)C(C)(C)C.CN(C)C/C=C/C(=O)C(C)(C)C. The molecule has 0 spiro atoms. The molecule has 2 saturated heterocycles. The molecule has 2 unspecified atom stereocenters. The van der Waals surface area contributed by atoms with Crippen LogP contribution in [0.25, 0.3) is 0 Å². The number of rotatable bonds is 22. The Morgan fingerprint density at radius 3 is 0.871 bits per heavy atom. The van der Waals surface area contributed by atoms with Crippen molar-refractivity contribution < 1.29 is 95.7 Å². The van der Waals surface area contributed by atoms with E-state index in [1.807, 2.05) is 355 Å². The molecule has 4 N–H and O–H groups in total. The Hall–Kier alpha value is -9.06. The molecule has 2 rings (SSSR count). The van der Waals surface area contributed by atoms with Gasteiger partial charge in [-0.05, 0) is 178 Å². The summed E-state index contributed by atoms with van der Waals surface area (Å²) in [6.07, 6.45) is 33.2. The molecule has 2 heterocycles. The quantitative estimate of drug-likeness (QED) is 0.0195.